The summed E-state index contributed by atoms with van der Waals surface area (Å²) >= 11 is 0. The summed E-state index contributed by atoms with van der Waals surface area (Å²) < 4.78 is 5.11. The molecule has 0 spiro atoms. The number of hydrogen-bond acceptors (Lipinski definition) is 4. The molecule has 1 atom stereocenters. The first-order valence-electron chi connectivity index (χ1n) is 9.39. The fraction of sp³-hybridized carbons (Fsp3) is 0.650. The highest BCUT2D eigenvalue weighted by Gasteiger charge is 2.31. The Morgan fingerprint density at radius 2 is 2.04 bits per heavy atom. The number of benzene rings is 1. The van der Waals surface area contributed by atoms with E-state index in [2.05, 4.69) is 29.2 Å². The number of likely N-dealkylation sites (tertiary alicyclic amines) is 1. The zero-order valence-electron chi connectivity index (χ0n) is 15.2. The molecular weight excluding hydrogens is 316 g/mol. The van der Waals surface area contributed by atoms with Crippen molar-refractivity contribution in [3.8, 4) is 0 Å². The third-order valence-electron chi connectivity index (χ3n) is 5.63. The van der Waals surface area contributed by atoms with Crippen molar-refractivity contribution < 1.29 is 14.6 Å². The van der Waals surface area contributed by atoms with Crippen molar-refractivity contribution in [2.45, 2.75) is 31.7 Å². The van der Waals surface area contributed by atoms with E-state index in [-0.39, 0.29) is 5.91 Å². The van der Waals surface area contributed by atoms with Gasteiger partial charge in [0.15, 0.2) is 0 Å². The van der Waals surface area contributed by atoms with Crippen molar-refractivity contribution in [3.05, 3.63) is 35.4 Å². The van der Waals surface area contributed by atoms with Crippen LogP contribution in [0, 0.1) is 5.92 Å². The minimum atomic E-state index is -0.419. The topological polar surface area (TPSA) is 53.0 Å². The maximum absolute atomic E-state index is 12.0. The molecule has 0 radical (unpaired) electrons. The number of carbonyl (C=O) groups excluding carboxylic acids is 1. The monoisotopic (exact) mass is 346 g/mol. The number of carbonyl (C=O) groups is 1. The summed E-state index contributed by atoms with van der Waals surface area (Å²) in [5.74, 6) is 0.285. The fourth-order valence-corrected chi connectivity index (χ4v) is 4.30. The number of rotatable bonds is 7. The zero-order chi connectivity index (χ0) is 17.6. The second-order valence-corrected chi connectivity index (χ2v) is 7.32. The molecule has 5 nitrogen and oxygen atoms in total. The molecule has 1 aromatic rings. The van der Waals surface area contributed by atoms with Gasteiger partial charge < -0.3 is 14.7 Å². The molecule has 1 aliphatic carbocycles. The third kappa shape index (κ3) is 4.60. The van der Waals surface area contributed by atoms with Gasteiger partial charge in [0.25, 0.3) is 0 Å². The van der Waals surface area contributed by atoms with Gasteiger partial charge in [-0.3, -0.25) is 9.69 Å². The van der Waals surface area contributed by atoms with Crippen molar-refractivity contribution >= 4 is 5.91 Å². The van der Waals surface area contributed by atoms with Crippen LogP contribution >= 0.6 is 0 Å². The lowest BCUT2D eigenvalue weighted by Gasteiger charge is -2.38. The summed E-state index contributed by atoms with van der Waals surface area (Å²) in [6, 6.07) is 9.37. The molecule has 1 N–H and O–H groups in total. The number of hydrogen-bond donors (Lipinski definition) is 1. The SMILES string of the molecule is COCCN(C[C@H]1CCCN(C2Cc3ccccc3C2)C1)C(=O)CO. The Bertz CT molecular complexity index is 553. The Kier molecular flexibility index (Phi) is 6.45. The molecule has 1 saturated heterocycles. The van der Waals surface area contributed by atoms with Crippen LogP contribution in [-0.4, -0.2) is 73.4 Å². The second-order valence-electron chi connectivity index (χ2n) is 7.32. The van der Waals surface area contributed by atoms with Crippen LogP contribution in [0.15, 0.2) is 24.3 Å². The minimum absolute atomic E-state index is 0.192. The summed E-state index contributed by atoms with van der Waals surface area (Å²) in [7, 11) is 1.64. The number of aliphatic hydroxyl groups is 1. The van der Waals surface area contributed by atoms with Crippen LogP contribution < -0.4 is 0 Å². The number of fused-ring (bicyclic) bond motifs is 1. The molecular formula is C20H30N2O3. The largest absolute Gasteiger partial charge is 0.387 e. The van der Waals surface area contributed by atoms with Crippen LogP contribution in [-0.2, 0) is 22.4 Å². The molecule has 1 fully saturated rings. The first-order valence-corrected chi connectivity index (χ1v) is 9.39. The van der Waals surface area contributed by atoms with Crippen molar-refractivity contribution in [1.82, 2.24) is 9.80 Å². The van der Waals surface area contributed by atoms with E-state index in [1.54, 1.807) is 12.0 Å². The van der Waals surface area contributed by atoms with Gasteiger partial charge in [-0.05, 0) is 49.3 Å². The van der Waals surface area contributed by atoms with E-state index in [1.165, 1.54) is 17.5 Å². The van der Waals surface area contributed by atoms with E-state index >= 15 is 0 Å². The van der Waals surface area contributed by atoms with Crippen LogP contribution in [0.2, 0.25) is 0 Å². The van der Waals surface area contributed by atoms with Gasteiger partial charge in [-0.2, -0.15) is 0 Å². The molecule has 1 aliphatic heterocycles. The van der Waals surface area contributed by atoms with Crippen LogP contribution in [0.5, 0.6) is 0 Å². The highest BCUT2D eigenvalue weighted by atomic mass is 16.5. The lowest BCUT2D eigenvalue weighted by Crippen LogP contribution is -2.48. The number of nitrogens with zero attached hydrogens (tertiary/aromatic N) is 2. The summed E-state index contributed by atoms with van der Waals surface area (Å²) in [6.07, 6.45) is 4.62. The van der Waals surface area contributed by atoms with E-state index in [1.807, 2.05) is 0 Å². The van der Waals surface area contributed by atoms with Gasteiger partial charge in [-0.25, -0.2) is 0 Å². The van der Waals surface area contributed by atoms with E-state index in [9.17, 15) is 9.90 Å². The Balaban J connectivity index is 1.56. The predicted molar refractivity (Wildman–Crippen MR) is 97.5 cm³/mol. The Morgan fingerprint density at radius 3 is 2.68 bits per heavy atom. The van der Waals surface area contributed by atoms with Gasteiger partial charge >= 0.3 is 0 Å². The van der Waals surface area contributed by atoms with Crippen LogP contribution in [0.1, 0.15) is 24.0 Å². The molecule has 138 valence electrons. The Morgan fingerprint density at radius 1 is 1.32 bits per heavy atom. The van der Waals surface area contributed by atoms with Gasteiger partial charge in [0, 0.05) is 32.8 Å². The molecule has 3 rings (SSSR count). The molecule has 5 heteroatoms. The van der Waals surface area contributed by atoms with Crippen LogP contribution in [0.25, 0.3) is 0 Å². The number of methoxy groups -OCH3 is 1. The summed E-state index contributed by atoms with van der Waals surface area (Å²) in [5, 5.41) is 9.22. The van der Waals surface area contributed by atoms with Crippen LogP contribution in [0.4, 0.5) is 0 Å². The number of ether oxygens (including phenoxy) is 1. The quantitative estimate of drug-likeness (QED) is 0.809. The maximum atomic E-state index is 12.0. The lowest BCUT2D eigenvalue weighted by molar-refractivity contribution is -0.135. The first-order chi connectivity index (χ1) is 12.2. The van der Waals surface area contributed by atoms with E-state index in [4.69, 9.17) is 4.74 Å². The Labute approximate surface area is 150 Å². The number of aliphatic hydroxyl groups excluding tert-OH is 1. The summed E-state index contributed by atoms with van der Waals surface area (Å²) in [5.41, 5.74) is 2.98. The van der Waals surface area contributed by atoms with Gasteiger partial charge in [0.2, 0.25) is 5.91 Å². The predicted octanol–water partition coefficient (Wildman–Crippen LogP) is 1.33. The van der Waals surface area contributed by atoms with E-state index in [0.717, 1.165) is 38.9 Å². The van der Waals surface area contributed by atoms with E-state index < -0.39 is 6.61 Å². The Hall–Kier alpha value is -1.43. The highest BCUT2D eigenvalue weighted by molar-refractivity contribution is 5.77. The fourth-order valence-electron chi connectivity index (χ4n) is 4.30. The average Bonchev–Trinajstić information content (AvgIpc) is 3.09. The molecule has 1 amide bonds. The summed E-state index contributed by atoms with van der Waals surface area (Å²) in [6.45, 7) is 3.57. The molecule has 0 unspecified atom stereocenters. The molecule has 0 bridgehead atoms. The average molecular weight is 346 g/mol. The first kappa shape index (κ1) is 18.4. The normalized spacial score (nSPS) is 21.3. The van der Waals surface area contributed by atoms with Gasteiger partial charge in [-0.1, -0.05) is 24.3 Å². The van der Waals surface area contributed by atoms with Gasteiger partial charge in [0.1, 0.15) is 6.61 Å². The second kappa shape index (κ2) is 8.79. The standard InChI is InChI=1S/C20H30N2O3/c1-25-10-9-22(20(24)15-23)14-16-5-4-8-21(13-16)19-11-17-6-2-3-7-18(17)12-19/h2-3,6-7,16,19,23H,4-5,8-15H2,1H3/t16-/m0/s1. The van der Waals surface area contributed by atoms with Crippen molar-refractivity contribution in [1.29, 1.82) is 0 Å². The van der Waals surface area contributed by atoms with Crippen LogP contribution in [0.3, 0.4) is 0 Å². The number of amides is 1. The molecule has 0 saturated carbocycles. The molecule has 0 aromatic heterocycles. The molecule has 1 aromatic carbocycles. The van der Waals surface area contributed by atoms with Gasteiger partial charge in [-0.15, -0.1) is 0 Å². The maximum Gasteiger partial charge on any atom is 0.248 e. The van der Waals surface area contributed by atoms with Gasteiger partial charge in [0.05, 0.1) is 6.61 Å². The van der Waals surface area contributed by atoms with E-state index in [0.29, 0.717) is 25.1 Å². The van der Waals surface area contributed by atoms with Crippen molar-refractivity contribution in [2.24, 2.45) is 5.92 Å². The van der Waals surface area contributed by atoms with Crippen molar-refractivity contribution in [3.63, 3.8) is 0 Å². The third-order valence-corrected chi connectivity index (χ3v) is 5.63. The summed E-state index contributed by atoms with van der Waals surface area (Å²) in [4.78, 5) is 16.4. The smallest absolute Gasteiger partial charge is 0.248 e. The lowest BCUT2D eigenvalue weighted by atomic mass is 9.95. The van der Waals surface area contributed by atoms with Crippen molar-refractivity contribution in [2.75, 3.05) is 46.5 Å². The molecule has 25 heavy (non-hydrogen) atoms. The number of piperidine rings is 1. The highest BCUT2D eigenvalue weighted by Crippen LogP contribution is 2.29. The zero-order valence-corrected chi connectivity index (χ0v) is 15.2. The minimum Gasteiger partial charge on any atom is -0.387 e. The molecule has 1 heterocycles. The molecule has 2 aliphatic rings.